The van der Waals surface area contributed by atoms with Gasteiger partial charge in [-0.15, -0.1) is 0 Å². The van der Waals surface area contributed by atoms with Crippen LogP contribution in [-0.4, -0.2) is 42.4 Å². The minimum absolute atomic E-state index is 0.0700. The van der Waals surface area contributed by atoms with E-state index < -0.39 is 12.1 Å². The Morgan fingerprint density at radius 2 is 1.76 bits per heavy atom. The molecule has 154 valence electrons. The second-order valence-corrected chi connectivity index (χ2v) is 6.16. The van der Waals surface area contributed by atoms with Gasteiger partial charge in [-0.1, -0.05) is 36.4 Å². The number of aromatic nitrogens is 1. The maximum absolute atomic E-state index is 12.4. The highest BCUT2D eigenvalue weighted by molar-refractivity contribution is 5.87. The van der Waals surface area contributed by atoms with Crippen LogP contribution in [-0.2, 0) is 4.79 Å². The largest absolute Gasteiger partial charge is 0.490 e. The molecule has 0 radical (unpaired) electrons. The number of pyridine rings is 1. The van der Waals surface area contributed by atoms with Gasteiger partial charge in [0.2, 0.25) is 0 Å². The molecule has 0 fully saturated rings. The Morgan fingerprint density at radius 3 is 2.31 bits per heavy atom. The van der Waals surface area contributed by atoms with E-state index in [4.69, 9.17) is 15.6 Å². The van der Waals surface area contributed by atoms with E-state index >= 15 is 0 Å². The number of H-pyrrole nitrogens is 1. The molecule has 2 aromatic carbocycles. The molecule has 0 aliphatic rings. The predicted molar refractivity (Wildman–Crippen MR) is 106 cm³/mol. The summed E-state index contributed by atoms with van der Waals surface area (Å²) in [6, 6.07) is 17.8. The number of aromatic amines is 1. The summed E-state index contributed by atoms with van der Waals surface area (Å²) in [6.07, 6.45) is -5.08. The lowest BCUT2D eigenvalue weighted by atomic mass is 10.1. The molecule has 0 amide bonds. The summed E-state index contributed by atoms with van der Waals surface area (Å²) in [5, 5.41) is 8.76. The molecule has 0 aliphatic carbocycles. The minimum Gasteiger partial charge on any atom is -0.475 e. The third-order valence-corrected chi connectivity index (χ3v) is 4.06. The summed E-state index contributed by atoms with van der Waals surface area (Å²) in [5.74, 6) is -2.76. The second kappa shape index (κ2) is 9.24. The summed E-state index contributed by atoms with van der Waals surface area (Å²) in [4.78, 5) is 26.3. The van der Waals surface area contributed by atoms with Crippen molar-refractivity contribution in [3.8, 4) is 11.3 Å². The molecule has 0 saturated carbocycles. The molecule has 3 rings (SSSR count). The second-order valence-electron chi connectivity index (χ2n) is 6.16. The zero-order valence-electron chi connectivity index (χ0n) is 15.5. The van der Waals surface area contributed by atoms with E-state index in [1.807, 2.05) is 66.5 Å². The normalized spacial score (nSPS) is 10.9. The number of likely N-dealkylation sites (N-methyl/N-ethyl adjacent to an activating group) is 1. The number of fused-ring (bicyclic) bond motifs is 1. The maximum atomic E-state index is 12.4. The van der Waals surface area contributed by atoms with Crippen LogP contribution in [0.1, 0.15) is 0 Å². The van der Waals surface area contributed by atoms with Crippen LogP contribution < -0.4 is 16.2 Å². The van der Waals surface area contributed by atoms with Crippen molar-refractivity contribution in [3.05, 3.63) is 65.0 Å². The Bertz CT molecular complexity index is 1030. The van der Waals surface area contributed by atoms with Crippen molar-refractivity contribution < 1.29 is 23.1 Å². The van der Waals surface area contributed by atoms with Crippen molar-refractivity contribution in [2.45, 2.75) is 6.18 Å². The molecule has 1 aromatic heterocycles. The molecule has 4 N–H and O–H groups in total. The number of alkyl halides is 3. The SMILES string of the molecule is CN(CCN)c1ccc2cc(-c3ccccc3)[nH]c(=O)c2c1.O=C(O)C(F)(F)F. The molecule has 0 bridgehead atoms. The van der Waals surface area contributed by atoms with Crippen LogP contribution in [0.15, 0.2) is 59.4 Å². The highest BCUT2D eigenvalue weighted by Gasteiger charge is 2.38. The van der Waals surface area contributed by atoms with E-state index in [1.165, 1.54) is 0 Å². The molecule has 6 nitrogen and oxygen atoms in total. The third-order valence-electron chi connectivity index (χ3n) is 4.06. The first-order valence-corrected chi connectivity index (χ1v) is 8.57. The Labute approximate surface area is 164 Å². The third kappa shape index (κ3) is 5.82. The Balaban J connectivity index is 0.000000370. The van der Waals surface area contributed by atoms with Gasteiger partial charge in [-0.25, -0.2) is 4.79 Å². The molecular formula is C20H20F3N3O3. The van der Waals surface area contributed by atoms with Crippen LogP contribution in [0.25, 0.3) is 22.0 Å². The van der Waals surface area contributed by atoms with Gasteiger partial charge in [0.25, 0.3) is 5.56 Å². The first kappa shape index (κ1) is 22.0. The van der Waals surface area contributed by atoms with E-state index in [0.717, 1.165) is 28.9 Å². The molecule has 0 saturated heterocycles. The number of hydrogen-bond donors (Lipinski definition) is 3. The van der Waals surface area contributed by atoms with Gasteiger partial charge in [0, 0.05) is 36.9 Å². The Hall–Kier alpha value is -3.33. The average molecular weight is 407 g/mol. The van der Waals surface area contributed by atoms with E-state index in [-0.39, 0.29) is 5.56 Å². The summed E-state index contributed by atoms with van der Waals surface area (Å²) in [6.45, 7) is 1.34. The van der Waals surface area contributed by atoms with Crippen molar-refractivity contribution in [1.82, 2.24) is 4.98 Å². The topological polar surface area (TPSA) is 99.4 Å². The van der Waals surface area contributed by atoms with E-state index in [0.29, 0.717) is 11.9 Å². The van der Waals surface area contributed by atoms with Gasteiger partial charge in [0.15, 0.2) is 0 Å². The fraction of sp³-hybridized carbons (Fsp3) is 0.200. The Kier molecular flexibility index (Phi) is 7.00. The molecule has 0 aliphatic heterocycles. The minimum atomic E-state index is -5.08. The van der Waals surface area contributed by atoms with Gasteiger partial charge in [-0.05, 0) is 29.1 Å². The zero-order chi connectivity index (χ0) is 21.6. The lowest BCUT2D eigenvalue weighted by molar-refractivity contribution is -0.192. The average Bonchev–Trinajstić information content (AvgIpc) is 2.68. The molecule has 0 atom stereocenters. The van der Waals surface area contributed by atoms with Crippen LogP contribution in [0, 0.1) is 0 Å². The lowest BCUT2D eigenvalue weighted by Crippen LogP contribution is -2.25. The van der Waals surface area contributed by atoms with Gasteiger partial charge in [0.05, 0.1) is 0 Å². The monoisotopic (exact) mass is 407 g/mol. The number of rotatable bonds is 4. The smallest absolute Gasteiger partial charge is 0.475 e. The van der Waals surface area contributed by atoms with Gasteiger partial charge >= 0.3 is 12.1 Å². The predicted octanol–water partition coefficient (Wildman–Crippen LogP) is 3.22. The van der Waals surface area contributed by atoms with Crippen LogP contribution in [0.3, 0.4) is 0 Å². The van der Waals surface area contributed by atoms with Crippen LogP contribution in [0.2, 0.25) is 0 Å². The first-order valence-electron chi connectivity index (χ1n) is 8.57. The summed E-state index contributed by atoms with van der Waals surface area (Å²) < 4.78 is 31.7. The number of aliphatic carboxylic acids is 1. The first-order chi connectivity index (χ1) is 13.6. The molecular weight excluding hydrogens is 387 g/mol. The molecule has 1 heterocycles. The van der Waals surface area contributed by atoms with Crippen LogP contribution in [0.5, 0.6) is 0 Å². The van der Waals surface area contributed by atoms with Gasteiger partial charge in [-0.3, -0.25) is 4.79 Å². The number of hydrogen-bond acceptors (Lipinski definition) is 4. The van der Waals surface area contributed by atoms with Crippen molar-refractivity contribution in [2.75, 3.05) is 25.0 Å². The highest BCUT2D eigenvalue weighted by atomic mass is 19.4. The van der Waals surface area contributed by atoms with Crippen molar-refractivity contribution in [1.29, 1.82) is 0 Å². The fourth-order valence-electron chi connectivity index (χ4n) is 2.58. The van der Waals surface area contributed by atoms with Gasteiger partial charge in [-0.2, -0.15) is 13.2 Å². The lowest BCUT2D eigenvalue weighted by Gasteiger charge is -2.18. The molecule has 0 unspecified atom stereocenters. The standard InChI is InChI=1S/C18H19N3O.C2HF3O2/c1-21(10-9-19)15-8-7-14-11-17(13-5-3-2-4-6-13)20-18(22)16(14)12-15;3-2(4,5)1(6)7/h2-8,11-12H,9-10,19H2,1H3,(H,20,22);(H,6,7). The number of benzene rings is 2. The Morgan fingerprint density at radius 1 is 1.14 bits per heavy atom. The van der Waals surface area contributed by atoms with E-state index in [2.05, 4.69) is 4.98 Å². The van der Waals surface area contributed by atoms with E-state index in [9.17, 15) is 18.0 Å². The number of carbonyl (C=O) groups is 1. The van der Waals surface area contributed by atoms with Crippen molar-refractivity contribution >= 4 is 22.4 Å². The number of nitrogens with zero attached hydrogens (tertiary/aromatic N) is 1. The number of carboxylic acids is 1. The van der Waals surface area contributed by atoms with E-state index in [1.54, 1.807) is 0 Å². The molecule has 29 heavy (non-hydrogen) atoms. The fourth-order valence-corrected chi connectivity index (χ4v) is 2.58. The summed E-state index contributed by atoms with van der Waals surface area (Å²) in [5.41, 5.74) is 8.35. The summed E-state index contributed by atoms with van der Waals surface area (Å²) in [7, 11) is 1.97. The maximum Gasteiger partial charge on any atom is 0.490 e. The van der Waals surface area contributed by atoms with Crippen molar-refractivity contribution in [3.63, 3.8) is 0 Å². The van der Waals surface area contributed by atoms with Crippen molar-refractivity contribution in [2.24, 2.45) is 5.73 Å². The number of nitrogens with two attached hydrogens (primary N) is 1. The molecule has 3 aromatic rings. The number of nitrogens with one attached hydrogen (secondary N) is 1. The van der Waals surface area contributed by atoms with Crippen LogP contribution >= 0.6 is 0 Å². The number of anilines is 1. The highest BCUT2D eigenvalue weighted by Crippen LogP contribution is 2.23. The molecule has 9 heteroatoms. The summed E-state index contributed by atoms with van der Waals surface area (Å²) >= 11 is 0. The van der Waals surface area contributed by atoms with Gasteiger partial charge in [0.1, 0.15) is 0 Å². The molecule has 0 spiro atoms. The van der Waals surface area contributed by atoms with Crippen LogP contribution in [0.4, 0.5) is 18.9 Å². The van der Waals surface area contributed by atoms with Gasteiger partial charge < -0.3 is 20.7 Å². The quantitative estimate of drug-likeness (QED) is 0.617. The number of carboxylic acid groups (broad SMARTS) is 1. The zero-order valence-corrected chi connectivity index (χ0v) is 15.5. The number of halogens is 3.